The van der Waals surface area contributed by atoms with E-state index in [0.717, 1.165) is 10.9 Å². The summed E-state index contributed by atoms with van der Waals surface area (Å²) >= 11 is 3.53. The summed E-state index contributed by atoms with van der Waals surface area (Å²) in [5.41, 5.74) is 2.55. The fraction of sp³-hybridized carbons (Fsp3) is 0.462. The van der Waals surface area contributed by atoms with E-state index in [1.807, 2.05) is 0 Å². The Kier molecular flexibility index (Phi) is 4.52. The molecule has 1 aromatic carbocycles. The van der Waals surface area contributed by atoms with E-state index in [0.29, 0.717) is 12.3 Å². The lowest BCUT2D eigenvalue weighted by Gasteiger charge is -2.12. The van der Waals surface area contributed by atoms with E-state index in [1.165, 1.54) is 11.1 Å². The van der Waals surface area contributed by atoms with Gasteiger partial charge in [-0.25, -0.2) is 0 Å². The molecule has 1 rings (SSSR count). The Hall–Kier alpha value is -0.630. The molecule has 0 radical (unpaired) electrons. The van der Waals surface area contributed by atoms with Gasteiger partial charge in [-0.05, 0) is 43.4 Å². The Morgan fingerprint density at radius 3 is 2.67 bits per heavy atom. The van der Waals surface area contributed by atoms with Gasteiger partial charge in [0.15, 0.2) is 0 Å². The zero-order valence-corrected chi connectivity index (χ0v) is 11.1. The van der Waals surface area contributed by atoms with Crippen LogP contribution in [0.15, 0.2) is 22.7 Å². The second-order valence-corrected chi connectivity index (χ2v) is 5.00. The van der Waals surface area contributed by atoms with Crippen molar-refractivity contribution in [2.75, 3.05) is 0 Å². The third-order valence-electron chi connectivity index (χ3n) is 2.69. The molecular weight excluding hydrogens is 252 g/mol. The SMILES string of the molecule is CC(=O)CCC(C)c1ccc(C)c(Br)c1. The molecule has 0 aliphatic rings. The van der Waals surface area contributed by atoms with E-state index in [-0.39, 0.29) is 5.78 Å². The molecule has 0 aromatic heterocycles. The van der Waals surface area contributed by atoms with Crippen molar-refractivity contribution in [1.29, 1.82) is 0 Å². The number of Topliss-reactive ketones (excluding diaryl/α,β-unsaturated/α-hetero) is 1. The van der Waals surface area contributed by atoms with Gasteiger partial charge >= 0.3 is 0 Å². The molecule has 1 nitrogen and oxygen atoms in total. The zero-order chi connectivity index (χ0) is 11.4. The van der Waals surface area contributed by atoms with Crippen LogP contribution in [0.25, 0.3) is 0 Å². The van der Waals surface area contributed by atoms with Crippen LogP contribution in [0, 0.1) is 6.92 Å². The number of carbonyl (C=O) groups is 1. The highest BCUT2D eigenvalue weighted by atomic mass is 79.9. The molecule has 1 aromatic rings. The first-order valence-electron chi connectivity index (χ1n) is 5.26. The highest BCUT2D eigenvalue weighted by Gasteiger charge is 2.07. The molecule has 0 saturated heterocycles. The summed E-state index contributed by atoms with van der Waals surface area (Å²) in [6.07, 6.45) is 1.61. The maximum Gasteiger partial charge on any atom is 0.129 e. The monoisotopic (exact) mass is 268 g/mol. The van der Waals surface area contributed by atoms with Gasteiger partial charge in [-0.15, -0.1) is 0 Å². The molecule has 0 spiro atoms. The van der Waals surface area contributed by atoms with Crippen LogP contribution in [-0.4, -0.2) is 5.78 Å². The summed E-state index contributed by atoms with van der Waals surface area (Å²) in [7, 11) is 0. The lowest BCUT2D eigenvalue weighted by Crippen LogP contribution is -1.98. The molecule has 82 valence electrons. The fourth-order valence-electron chi connectivity index (χ4n) is 1.50. The third-order valence-corrected chi connectivity index (χ3v) is 3.55. The summed E-state index contributed by atoms with van der Waals surface area (Å²) in [4.78, 5) is 10.9. The molecule has 0 aliphatic carbocycles. The number of rotatable bonds is 4. The van der Waals surface area contributed by atoms with Crippen molar-refractivity contribution >= 4 is 21.7 Å². The molecule has 0 fully saturated rings. The van der Waals surface area contributed by atoms with Crippen molar-refractivity contribution in [2.24, 2.45) is 0 Å². The van der Waals surface area contributed by atoms with E-state index in [9.17, 15) is 4.79 Å². The lowest BCUT2D eigenvalue weighted by molar-refractivity contribution is -0.117. The van der Waals surface area contributed by atoms with Gasteiger partial charge in [0.1, 0.15) is 5.78 Å². The van der Waals surface area contributed by atoms with E-state index in [2.05, 4.69) is 48.0 Å². The first kappa shape index (κ1) is 12.4. The number of hydrogen-bond donors (Lipinski definition) is 0. The molecular formula is C13H17BrO. The summed E-state index contributed by atoms with van der Waals surface area (Å²) in [5.74, 6) is 0.721. The molecule has 1 atom stereocenters. The van der Waals surface area contributed by atoms with E-state index < -0.39 is 0 Å². The van der Waals surface area contributed by atoms with Crippen molar-refractivity contribution in [3.05, 3.63) is 33.8 Å². The van der Waals surface area contributed by atoms with Crippen molar-refractivity contribution in [3.8, 4) is 0 Å². The van der Waals surface area contributed by atoms with Gasteiger partial charge in [-0.1, -0.05) is 35.0 Å². The normalized spacial score (nSPS) is 12.5. The summed E-state index contributed by atoms with van der Waals surface area (Å²) in [6.45, 7) is 5.89. The number of ketones is 1. The van der Waals surface area contributed by atoms with Crippen molar-refractivity contribution in [2.45, 2.75) is 39.5 Å². The first-order valence-corrected chi connectivity index (χ1v) is 6.05. The van der Waals surface area contributed by atoms with Crippen LogP contribution >= 0.6 is 15.9 Å². The van der Waals surface area contributed by atoms with Gasteiger partial charge in [0.2, 0.25) is 0 Å². The Balaban J connectivity index is 2.69. The summed E-state index contributed by atoms with van der Waals surface area (Å²) in [6, 6.07) is 6.41. The quantitative estimate of drug-likeness (QED) is 0.799. The van der Waals surface area contributed by atoms with E-state index >= 15 is 0 Å². The summed E-state index contributed by atoms with van der Waals surface area (Å²) in [5, 5.41) is 0. The minimum atomic E-state index is 0.271. The molecule has 0 heterocycles. The molecule has 15 heavy (non-hydrogen) atoms. The van der Waals surface area contributed by atoms with Gasteiger partial charge in [0.25, 0.3) is 0 Å². The van der Waals surface area contributed by atoms with Crippen LogP contribution in [0.2, 0.25) is 0 Å². The molecule has 0 bridgehead atoms. The number of aryl methyl sites for hydroxylation is 1. The second kappa shape index (κ2) is 5.45. The molecule has 0 N–H and O–H groups in total. The van der Waals surface area contributed by atoms with E-state index in [1.54, 1.807) is 6.92 Å². The van der Waals surface area contributed by atoms with Crippen LogP contribution in [0.3, 0.4) is 0 Å². The van der Waals surface area contributed by atoms with Gasteiger partial charge in [-0.2, -0.15) is 0 Å². The Morgan fingerprint density at radius 1 is 1.47 bits per heavy atom. The van der Waals surface area contributed by atoms with Crippen LogP contribution in [0.1, 0.15) is 43.7 Å². The predicted molar refractivity (Wildman–Crippen MR) is 67.2 cm³/mol. The van der Waals surface area contributed by atoms with Crippen LogP contribution in [0.5, 0.6) is 0 Å². The Labute approximate surface area is 100 Å². The van der Waals surface area contributed by atoms with Crippen LogP contribution in [0.4, 0.5) is 0 Å². The minimum absolute atomic E-state index is 0.271. The number of carbonyl (C=O) groups excluding carboxylic acids is 1. The topological polar surface area (TPSA) is 17.1 Å². The molecule has 0 saturated carbocycles. The predicted octanol–water partition coefficient (Wildman–Crippen LogP) is 4.23. The minimum Gasteiger partial charge on any atom is -0.300 e. The Bertz CT molecular complexity index is 358. The fourth-order valence-corrected chi connectivity index (χ4v) is 1.90. The largest absolute Gasteiger partial charge is 0.300 e. The number of benzene rings is 1. The maximum absolute atomic E-state index is 10.9. The van der Waals surface area contributed by atoms with Gasteiger partial charge in [0.05, 0.1) is 0 Å². The smallest absolute Gasteiger partial charge is 0.129 e. The first-order chi connectivity index (χ1) is 7.00. The highest BCUT2D eigenvalue weighted by molar-refractivity contribution is 9.10. The Morgan fingerprint density at radius 2 is 2.13 bits per heavy atom. The van der Waals surface area contributed by atoms with Gasteiger partial charge in [-0.3, -0.25) is 0 Å². The molecule has 0 amide bonds. The average molecular weight is 269 g/mol. The molecule has 1 unspecified atom stereocenters. The van der Waals surface area contributed by atoms with Crippen LogP contribution < -0.4 is 0 Å². The average Bonchev–Trinajstić information content (AvgIpc) is 2.18. The molecule has 2 heteroatoms. The van der Waals surface area contributed by atoms with Crippen LogP contribution in [-0.2, 0) is 4.79 Å². The lowest BCUT2D eigenvalue weighted by atomic mass is 9.95. The standard InChI is InChI=1S/C13H17BrO/c1-9(4-6-11(3)15)12-7-5-10(2)13(14)8-12/h5,7-9H,4,6H2,1-3H3. The summed E-state index contributed by atoms with van der Waals surface area (Å²) < 4.78 is 1.15. The van der Waals surface area contributed by atoms with Gasteiger partial charge in [0, 0.05) is 10.9 Å². The highest BCUT2D eigenvalue weighted by Crippen LogP contribution is 2.25. The molecule has 0 aliphatic heterocycles. The van der Waals surface area contributed by atoms with Crippen molar-refractivity contribution < 1.29 is 4.79 Å². The number of halogens is 1. The zero-order valence-electron chi connectivity index (χ0n) is 9.51. The van der Waals surface area contributed by atoms with Gasteiger partial charge < -0.3 is 4.79 Å². The second-order valence-electron chi connectivity index (χ2n) is 4.15. The van der Waals surface area contributed by atoms with E-state index in [4.69, 9.17) is 0 Å². The third kappa shape index (κ3) is 3.78. The maximum atomic E-state index is 10.9. The van der Waals surface area contributed by atoms with Crippen molar-refractivity contribution in [3.63, 3.8) is 0 Å². The van der Waals surface area contributed by atoms with Crippen molar-refractivity contribution in [1.82, 2.24) is 0 Å². The number of hydrogen-bond acceptors (Lipinski definition) is 1.